The number of ether oxygens (including phenoxy) is 2. The van der Waals surface area contributed by atoms with Crippen LogP contribution >= 0.6 is 12.4 Å². The number of benzene rings is 2. The number of halogens is 1. The highest BCUT2D eigenvalue weighted by Gasteiger charge is 2.34. The Labute approximate surface area is 183 Å². The number of nitrogens with two attached hydrogens (primary N) is 1. The molecule has 3 rings (SSSR count). The van der Waals surface area contributed by atoms with E-state index in [1.165, 1.54) is 7.11 Å². The zero-order chi connectivity index (χ0) is 21.0. The number of amides is 1. The van der Waals surface area contributed by atoms with Gasteiger partial charge in [0.05, 0.1) is 25.5 Å². The van der Waals surface area contributed by atoms with Crippen LogP contribution in [-0.4, -0.2) is 31.6 Å². The third-order valence-corrected chi connectivity index (χ3v) is 5.61. The van der Waals surface area contributed by atoms with Crippen LogP contribution in [-0.2, 0) is 20.9 Å². The zero-order valence-corrected chi connectivity index (χ0v) is 18.4. The second-order valence-electron chi connectivity index (χ2n) is 7.49. The topological polar surface area (TPSA) is 90.7 Å². The lowest BCUT2D eigenvalue weighted by Gasteiger charge is -2.17. The second-order valence-corrected chi connectivity index (χ2v) is 7.49. The first-order valence-corrected chi connectivity index (χ1v) is 9.82. The van der Waals surface area contributed by atoms with Crippen molar-refractivity contribution in [3.05, 3.63) is 53.1 Å². The van der Waals surface area contributed by atoms with Gasteiger partial charge in [0, 0.05) is 6.54 Å². The Bertz CT molecular complexity index is 899. The lowest BCUT2D eigenvalue weighted by molar-refractivity contribution is -0.143. The van der Waals surface area contributed by atoms with E-state index in [9.17, 15) is 9.59 Å². The number of nitrogens with one attached hydrogen (secondary N) is 1. The van der Waals surface area contributed by atoms with Crippen LogP contribution in [0.15, 0.2) is 36.4 Å². The van der Waals surface area contributed by atoms with Crippen LogP contribution in [0.2, 0.25) is 0 Å². The van der Waals surface area contributed by atoms with E-state index in [-0.39, 0.29) is 42.7 Å². The molecule has 30 heavy (non-hydrogen) atoms. The predicted molar refractivity (Wildman–Crippen MR) is 119 cm³/mol. The molecule has 162 valence electrons. The minimum Gasteiger partial charge on any atom is -0.491 e. The average Bonchev–Trinajstić information content (AvgIpc) is 3.08. The van der Waals surface area contributed by atoms with E-state index in [0.717, 1.165) is 33.6 Å². The van der Waals surface area contributed by atoms with Gasteiger partial charge in [0.1, 0.15) is 12.4 Å². The summed E-state index contributed by atoms with van der Waals surface area (Å²) in [6, 6.07) is 12.2. The maximum Gasteiger partial charge on any atom is 0.306 e. The normalized spacial score (nSPS) is 17.8. The summed E-state index contributed by atoms with van der Waals surface area (Å²) in [4.78, 5) is 23.5. The lowest BCUT2D eigenvalue weighted by atomic mass is 9.95. The first-order valence-electron chi connectivity index (χ1n) is 9.82. The third-order valence-electron chi connectivity index (χ3n) is 5.61. The van der Waals surface area contributed by atoms with Gasteiger partial charge < -0.3 is 20.5 Å². The highest BCUT2D eigenvalue weighted by molar-refractivity contribution is 5.86. The van der Waals surface area contributed by atoms with Gasteiger partial charge in [-0.3, -0.25) is 9.59 Å². The van der Waals surface area contributed by atoms with Gasteiger partial charge in [-0.2, -0.15) is 0 Å². The Morgan fingerprint density at radius 3 is 2.47 bits per heavy atom. The number of methoxy groups -OCH3 is 1. The minimum absolute atomic E-state index is 0. The maximum absolute atomic E-state index is 12.0. The van der Waals surface area contributed by atoms with E-state index >= 15 is 0 Å². The van der Waals surface area contributed by atoms with Crippen molar-refractivity contribution in [3.63, 3.8) is 0 Å². The molecular formula is C23H29ClN2O4. The van der Waals surface area contributed by atoms with Crippen LogP contribution in [0.1, 0.15) is 29.5 Å². The Morgan fingerprint density at radius 2 is 1.83 bits per heavy atom. The summed E-state index contributed by atoms with van der Waals surface area (Å²) in [7, 11) is 1.33. The molecule has 1 amide bonds. The minimum atomic E-state index is -0.367. The molecule has 0 spiro atoms. The van der Waals surface area contributed by atoms with Crippen molar-refractivity contribution in [3.8, 4) is 16.9 Å². The number of esters is 1. The molecule has 0 unspecified atom stereocenters. The van der Waals surface area contributed by atoms with Crippen molar-refractivity contribution in [1.29, 1.82) is 0 Å². The molecule has 2 atom stereocenters. The molecule has 2 aromatic rings. The standard InChI is InChI=1S/C23H28N2O4.ClH/c1-14-15(2)21(9-8-20(14)17-6-4-16(12-24)5-7-17)29-13-19-10-18(23(27)25-19)11-22(26)28-3;/h4-9,18-19H,10-13,24H2,1-3H3,(H,25,27);1H/t18-,19-;/m0./s1. The predicted octanol–water partition coefficient (Wildman–Crippen LogP) is 3.30. The summed E-state index contributed by atoms with van der Waals surface area (Å²) in [6.45, 7) is 5.02. The fraction of sp³-hybridized carbons (Fsp3) is 0.391. The summed E-state index contributed by atoms with van der Waals surface area (Å²) in [5.41, 5.74) is 11.3. The molecule has 3 N–H and O–H groups in total. The molecule has 1 saturated heterocycles. The van der Waals surface area contributed by atoms with E-state index in [4.69, 9.17) is 10.5 Å². The quantitative estimate of drug-likeness (QED) is 0.655. The average molecular weight is 433 g/mol. The molecule has 6 nitrogen and oxygen atoms in total. The van der Waals surface area contributed by atoms with Crippen molar-refractivity contribution < 1.29 is 19.1 Å². The molecule has 7 heteroatoms. The van der Waals surface area contributed by atoms with Crippen LogP contribution in [0.3, 0.4) is 0 Å². The number of hydrogen-bond donors (Lipinski definition) is 2. The van der Waals surface area contributed by atoms with Gasteiger partial charge in [-0.15, -0.1) is 12.4 Å². The molecule has 2 aromatic carbocycles. The van der Waals surface area contributed by atoms with E-state index in [1.807, 2.05) is 25.1 Å². The largest absolute Gasteiger partial charge is 0.491 e. The first-order chi connectivity index (χ1) is 13.9. The molecule has 1 heterocycles. The van der Waals surface area contributed by atoms with Crippen molar-refractivity contribution >= 4 is 24.3 Å². The van der Waals surface area contributed by atoms with E-state index in [1.54, 1.807) is 0 Å². The SMILES string of the molecule is COC(=O)C[C@@H]1C[C@@H](COc2ccc(-c3ccc(CN)cc3)c(C)c2C)NC1=O.Cl. The first kappa shape index (κ1) is 23.7. The Hall–Kier alpha value is -2.57. The molecule has 0 radical (unpaired) electrons. The van der Waals surface area contributed by atoms with E-state index < -0.39 is 0 Å². The Balaban J connectivity index is 0.00000320. The van der Waals surface area contributed by atoms with Crippen molar-refractivity contribution in [2.75, 3.05) is 13.7 Å². The second kappa shape index (κ2) is 10.5. The van der Waals surface area contributed by atoms with Gasteiger partial charge in [-0.05, 0) is 54.2 Å². The van der Waals surface area contributed by atoms with Gasteiger partial charge in [0.25, 0.3) is 0 Å². The number of rotatable bonds is 7. The maximum atomic E-state index is 12.0. The van der Waals surface area contributed by atoms with Crippen LogP contribution in [0.4, 0.5) is 0 Å². The summed E-state index contributed by atoms with van der Waals surface area (Å²) < 4.78 is 10.7. The molecular weight excluding hydrogens is 404 g/mol. The summed E-state index contributed by atoms with van der Waals surface area (Å²) in [6.07, 6.45) is 0.673. The van der Waals surface area contributed by atoms with Crippen molar-refractivity contribution in [1.82, 2.24) is 5.32 Å². The molecule has 0 bridgehead atoms. The fourth-order valence-electron chi connectivity index (χ4n) is 3.67. The fourth-order valence-corrected chi connectivity index (χ4v) is 3.67. The molecule has 0 saturated carbocycles. The zero-order valence-electron chi connectivity index (χ0n) is 17.6. The summed E-state index contributed by atoms with van der Waals surface area (Å²) in [5.74, 6) is -0.0327. The van der Waals surface area contributed by atoms with Gasteiger partial charge in [-0.25, -0.2) is 0 Å². The van der Waals surface area contributed by atoms with Gasteiger partial charge in [-0.1, -0.05) is 30.3 Å². The summed E-state index contributed by atoms with van der Waals surface area (Å²) >= 11 is 0. The van der Waals surface area contributed by atoms with Crippen LogP contribution in [0.5, 0.6) is 5.75 Å². The van der Waals surface area contributed by atoms with Crippen molar-refractivity contribution in [2.24, 2.45) is 11.7 Å². The van der Waals surface area contributed by atoms with Crippen molar-refractivity contribution in [2.45, 2.75) is 39.3 Å². The highest BCUT2D eigenvalue weighted by Crippen LogP contribution is 2.32. The number of hydrogen-bond acceptors (Lipinski definition) is 5. The van der Waals surface area contributed by atoms with E-state index in [0.29, 0.717) is 19.6 Å². The number of carbonyl (C=O) groups excluding carboxylic acids is 2. The van der Waals surface area contributed by atoms with Crippen LogP contribution in [0, 0.1) is 19.8 Å². The molecule has 1 aliphatic heterocycles. The monoisotopic (exact) mass is 432 g/mol. The Kier molecular flexibility index (Phi) is 8.26. The molecule has 1 aliphatic rings. The smallest absolute Gasteiger partial charge is 0.306 e. The third kappa shape index (κ3) is 5.32. The van der Waals surface area contributed by atoms with Crippen LogP contribution in [0.25, 0.3) is 11.1 Å². The van der Waals surface area contributed by atoms with Gasteiger partial charge >= 0.3 is 5.97 Å². The number of carbonyl (C=O) groups is 2. The van der Waals surface area contributed by atoms with Gasteiger partial charge in [0.15, 0.2) is 0 Å². The summed E-state index contributed by atoms with van der Waals surface area (Å²) in [5, 5.41) is 2.90. The molecule has 0 aliphatic carbocycles. The molecule has 0 aromatic heterocycles. The van der Waals surface area contributed by atoms with Crippen LogP contribution < -0.4 is 15.8 Å². The van der Waals surface area contributed by atoms with Gasteiger partial charge in [0.2, 0.25) is 5.91 Å². The molecule has 1 fully saturated rings. The highest BCUT2D eigenvalue weighted by atomic mass is 35.5. The Morgan fingerprint density at radius 1 is 1.13 bits per heavy atom. The van der Waals surface area contributed by atoms with E-state index in [2.05, 4.69) is 35.2 Å². The lowest BCUT2D eigenvalue weighted by Crippen LogP contribution is -2.31.